The lowest BCUT2D eigenvalue weighted by Gasteiger charge is -2.38. The van der Waals surface area contributed by atoms with Crippen molar-refractivity contribution in [2.24, 2.45) is 5.92 Å². The molecule has 1 amide bonds. The van der Waals surface area contributed by atoms with Crippen LogP contribution >= 0.6 is 0 Å². The van der Waals surface area contributed by atoms with Crippen molar-refractivity contribution in [1.29, 1.82) is 0 Å². The molecule has 220 valence electrons. The third-order valence-electron chi connectivity index (χ3n) is 7.14. The lowest BCUT2D eigenvalue weighted by molar-refractivity contribution is 0.0387. The van der Waals surface area contributed by atoms with Gasteiger partial charge in [-0.3, -0.25) is 9.52 Å². The molecule has 0 saturated carbocycles. The SMILES string of the molecule is Cc1ccc(S(=O)(=O)N(C)C[C@@H]2Oc3ccc(NS(=O)(=O)c4ccccc4)cc3C(=O)N([C@@H](C)CO)C[C@H]2C)cc1. The molecule has 10 nitrogen and oxygen atoms in total. The van der Waals surface area contributed by atoms with Gasteiger partial charge in [0.05, 0.1) is 34.5 Å². The van der Waals surface area contributed by atoms with Crippen LogP contribution in [0.1, 0.15) is 29.8 Å². The summed E-state index contributed by atoms with van der Waals surface area (Å²) in [6.07, 6.45) is -0.660. The van der Waals surface area contributed by atoms with E-state index in [1.807, 2.05) is 13.8 Å². The summed E-state index contributed by atoms with van der Waals surface area (Å²) in [4.78, 5) is 15.4. The number of fused-ring (bicyclic) bond motifs is 1. The van der Waals surface area contributed by atoms with Crippen molar-refractivity contribution in [3.8, 4) is 5.75 Å². The molecule has 4 rings (SSSR count). The lowest BCUT2D eigenvalue weighted by Crippen LogP contribution is -2.50. The van der Waals surface area contributed by atoms with E-state index in [0.29, 0.717) is 0 Å². The molecular formula is C29H35N3O7S2. The Bertz CT molecular complexity index is 1600. The maximum atomic E-state index is 13.7. The summed E-state index contributed by atoms with van der Waals surface area (Å²) < 4.78 is 62.4. The molecule has 0 saturated heterocycles. The molecule has 0 unspecified atom stereocenters. The molecule has 0 fully saturated rings. The van der Waals surface area contributed by atoms with Gasteiger partial charge in [0, 0.05) is 25.2 Å². The number of aryl methyl sites for hydroxylation is 1. The number of ether oxygens (including phenoxy) is 1. The number of rotatable bonds is 9. The molecule has 3 aromatic carbocycles. The Balaban J connectivity index is 1.68. The molecule has 41 heavy (non-hydrogen) atoms. The first-order valence-corrected chi connectivity index (χ1v) is 16.1. The fraction of sp³-hybridized carbons (Fsp3) is 0.345. The van der Waals surface area contributed by atoms with Gasteiger partial charge in [0.25, 0.3) is 15.9 Å². The first-order chi connectivity index (χ1) is 19.3. The first kappa shape index (κ1) is 30.5. The number of anilines is 1. The standard InChI is InChI=1S/C29H35N3O7S2/c1-20-10-13-25(14-11-20)41(37,38)31(4)18-28-21(2)17-32(22(3)19-33)29(34)26-16-23(12-15-27(26)39-28)30-40(35,36)24-8-6-5-7-9-24/h5-16,21-22,28,30,33H,17-19H2,1-4H3/t21-,22+,28+/m1/s1. The van der Waals surface area contributed by atoms with Crippen molar-refractivity contribution in [2.45, 2.75) is 42.7 Å². The normalized spacial score (nSPS) is 18.7. The maximum absolute atomic E-state index is 13.7. The lowest BCUT2D eigenvalue weighted by atomic mass is 9.99. The van der Waals surface area contributed by atoms with Crippen LogP contribution in [0.2, 0.25) is 0 Å². The Kier molecular flexibility index (Phi) is 9.07. The Morgan fingerprint density at radius 3 is 2.32 bits per heavy atom. The maximum Gasteiger partial charge on any atom is 0.261 e. The van der Waals surface area contributed by atoms with E-state index in [2.05, 4.69) is 4.72 Å². The number of carbonyl (C=O) groups excluding carboxylic acids is 1. The fourth-order valence-electron chi connectivity index (χ4n) is 4.56. The smallest absolute Gasteiger partial charge is 0.261 e. The van der Waals surface area contributed by atoms with Crippen molar-refractivity contribution in [3.05, 3.63) is 83.9 Å². The Hall–Kier alpha value is -3.45. The van der Waals surface area contributed by atoms with Gasteiger partial charge in [-0.15, -0.1) is 0 Å². The van der Waals surface area contributed by atoms with Crippen molar-refractivity contribution in [1.82, 2.24) is 9.21 Å². The Morgan fingerprint density at radius 1 is 1.02 bits per heavy atom. The zero-order valence-electron chi connectivity index (χ0n) is 23.4. The van der Waals surface area contributed by atoms with Gasteiger partial charge >= 0.3 is 0 Å². The van der Waals surface area contributed by atoms with Gasteiger partial charge in [-0.25, -0.2) is 16.8 Å². The Labute approximate surface area is 241 Å². The number of benzene rings is 3. The molecule has 12 heteroatoms. The number of hydrogen-bond donors (Lipinski definition) is 2. The molecule has 0 spiro atoms. The van der Waals surface area contributed by atoms with Crippen LogP contribution in [0.4, 0.5) is 5.69 Å². The fourth-order valence-corrected chi connectivity index (χ4v) is 6.81. The second kappa shape index (κ2) is 12.2. The molecule has 2 N–H and O–H groups in total. The number of nitrogens with zero attached hydrogens (tertiary/aromatic N) is 2. The van der Waals surface area contributed by atoms with Crippen LogP contribution in [0.3, 0.4) is 0 Å². The number of carbonyl (C=O) groups is 1. The minimum atomic E-state index is -3.92. The molecule has 1 aliphatic rings. The van der Waals surface area contributed by atoms with E-state index in [-0.39, 0.29) is 52.4 Å². The summed E-state index contributed by atoms with van der Waals surface area (Å²) in [6, 6.07) is 18.3. The summed E-state index contributed by atoms with van der Waals surface area (Å²) in [5.41, 5.74) is 1.19. The third kappa shape index (κ3) is 6.72. The molecule has 0 radical (unpaired) electrons. The largest absolute Gasteiger partial charge is 0.488 e. The van der Waals surface area contributed by atoms with Gasteiger partial charge in [0.2, 0.25) is 10.0 Å². The number of aliphatic hydroxyl groups is 1. The summed E-state index contributed by atoms with van der Waals surface area (Å²) in [5.74, 6) is -0.563. The number of aliphatic hydroxyl groups excluding tert-OH is 1. The van der Waals surface area contributed by atoms with Gasteiger partial charge in [-0.1, -0.05) is 42.8 Å². The molecule has 1 aliphatic heterocycles. The molecule has 3 atom stereocenters. The second-order valence-corrected chi connectivity index (χ2v) is 14.1. The molecule has 0 bridgehead atoms. The number of hydrogen-bond acceptors (Lipinski definition) is 7. The van der Waals surface area contributed by atoms with Crippen molar-refractivity contribution in [2.75, 3.05) is 31.5 Å². The van der Waals surface area contributed by atoms with Crippen LogP contribution in [0.15, 0.2) is 82.6 Å². The summed E-state index contributed by atoms with van der Waals surface area (Å²) >= 11 is 0. The van der Waals surface area contributed by atoms with Gasteiger partial charge in [0.15, 0.2) is 0 Å². The molecular weight excluding hydrogens is 566 g/mol. The average Bonchev–Trinajstić information content (AvgIpc) is 2.95. The van der Waals surface area contributed by atoms with Gasteiger partial charge in [-0.05, 0) is 56.3 Å². The minimum Gasteiger partial charge on any atom is -0.488 e. The zero-order chi connectivity index (χ0) is 29.9. The van der Waals surface area contributed by atoms with Crippen LogP contribution in [0.5, 0.6) is 5.75 Å². The van der Waals surface area contributed by atoms with E-state index in [9.17, 15) is 26.7 Å². The van der Waals surface area contributed by atoms with E-state index in [1.165, 1.54) is 46.6 Å². The van der Waals surface area contributed by atoms with E-state index in [4.69, 9.17) is 4.74 Å². The topological polar surface area (TPSA) is 133 Å². The number of amides is 1. The summed E-state index contributed by atoms with van der Waals surface area (Å²) in [6.45, 7) is 5.33. The predicted octanol–water partition coefficient (Wildman–Crippen LogP) is 3.34. The summed E-state index contributed by atoms with van der Waals surface area (Å²) in [5, 5.41) is 9.89. The van der Waals surface area contributed by atoms with E-state index in [1.54, 1.807) is 49.4 Å². The minimum absolute atomic E-state index is 0.00522. The highest BCUT2D eigenvalue weighted by Crippen LogP contribution is 2.32. The third-order valence-corrected chi connectivity index (χ3v) is 10.4. The van der Waals surface area contributed by atoms with Crippen molar-refractivity contribution in [3.63, 3.8) is 0 Å². The van der Waals surface area contributed by atoms with E-state index < -0.39 is 38.1 Å². The number of nitrogens with one attached hydrogen (secondary N) is 1. The molecule has 0 aliphatic carbocycles. The second-order valence-electron chi connectivity index (χ2n) is 10.4. The first-order valence-electron chi connectivity index (χ1n) is 13.2. The van der Waals surface area contributed by atoms with Gasteiger partial charge in [0.1, 0.15) is 11.9 Å². The van der Waals surface area contributed by atoms with Gasteiger partial charge < -0.3 is 14.7 Å². The van der Waals surface area contributed by atoms with Gasteiger partial charge in [-0.2, -0.15) is 4.31 Å². The summed E-state index contributed by atoms with van der Waals surface area (Å²) in [7, 11) is -6.26. The van der Waals surface area contributed by atoms with E-state index in [0.717, 1.165) is 5.56 Å². The molecule has 1 heterocycles. The average molecular weight is 602 g/mol. The van der Waals surface area contributed by atoms with Crippen LogP contribution in [-0.2, 0) is 20.0 Å². The highest BCUT2D eigenvalue weighted by molar-refractivity contribution is 7.92. The van der Waals surface area contributed by atoms with Crippen LogP contribution in [0, 0.1) is 12.8 Å². The van der Waals surface area contributed by atoms with Crippen LogP contribution in [-0.4, -0.2) is 75.9 Å². The quantitative estimate of drug-likeness (QED) is 0.384. The molecule has 3 aromatic rings. The molecule has 0 aromatic heterocycles. The highest BCUT2D eigenvalue weighted by Gasteiger charge is 2.35. The predicted molar refractivity (Wildman–Crippen MR) is 156 cm³/mol. The van der Waals surface area contributed by atoms with Crippen molar-refractivity contribution < 1.29 is 31.5 Å². The zero-order valence-corrected chi connectivity index (χ0v) is 25.0. The number of sulfonamides is 2. The van der Waals surface area contributed by atoms with E-state index >= 15 is 0 Å². The number of likely N-dealkylation sites (N-methyl/N-ethyl adjacent to an activating group) is 1. The van der Waals surface area contributed by atoms with Crippen LogP contribution in [0.25, 0.3) is 0 Å². The Morgan fingerprint density at radius 2 is 1.68 bits per heavy atom. The van der Waals surface area contributed by atoms with Crippen molar-refractivity contribution >= 4 is 31.6 Å². The highest BCUT2D eigenvalue weighted by atomic mass is 32.2. The van der Waals surface area contributed by atoms with Crippen LogP contribution < -0.4 is 9.46 Å². The monoisotopic (exact) mass is 601 g/mol.